The van der Waals surface area contributed by atoms with Gasteiger partial charge in [0.05, 0.1) is 0 Å². The molecule has 2 nitrogen and oxygen atoms in total. The first-order valence-electron chi connectivity index (χ1n) is 7.30. The zero-order valence-corrected chi connectivity index (χ0v) is 12.2. The number of aromatic hydroxyl groups is 1. The van der Waals surface area contributed by atoms with E-state index in [-0.39, 0.29) is 17.2 Å². The van der Waals surface area contributed by atoms with E-state index in [1.165, 1.54) is 36.8 Å². The van der Waals surface area contributed by atoms with Crippen LogP contribution in [0.5, 0.6) is 5.75 Å². The lowest BCUT2D eigenvalue weighted by atomic mass is 9.60. The molecule has 3 N–H and O–H groups in total. The summed E-state index contributed by atoms with van der Waals surface area (Å²) in [6.07, 6.45) is 7.04. The van der Waals surface area contributed by atoms with Crippen LogP contribution in [0, 0.1) is 5.92 Å². The molecule has 3 heteroatoms. The molecule has 2 bridgehead atoms. The molecule has 0 amide bonds. The lowest BCUT2D eigenvalue weighted by Gasteiger charge is -2.47. The highest BCUT2D eigenvalue weighted by Gasteiger charge is 2.44. The van der Waals surface area contributed by atoms with E-state index in [0.29, 0.717) is 10.9 Å². The summed E-state index contributed by atoms with van der Waals surface area (Å²) in [5, 5.41) is 10.6. The SMILES string of the molecule is C[C@]12CCCCC[C@@H](Cc3c(Cl)cc(O)cc31)[C@@H]2N. The summed E-state index contributed by atoms with van der Waals surface area (Å²) in [7, 11) is 0. The van der Waals surface area contributed by atoms with Crippen LogP contribution in [0.2, 0.25) is 5.02 Å². The van der Waals surface area contributed by atoms with Crippen LogP contribution in [0.4, 0.5) is 0 Å². The Kier molecular flexibility index (Phi) is 3.26. The molecule has 3 atom stereocenters. The summed E-state index contributed by atoms with van der Waals surface area (Å²) in [4.78, 5) is 0. The van der Waals surface area contributed by atoms with Crippen molar-refractivity contribution < 1.29 is 5.11 Å². The van der Waals surface area contributed by atoms with E-state index in [2.05, 4.69) is 6.92 Å². The van der Waals surface area contributed by atoms with E-state index in [1.807, 2.05) is 6.07 Å². The Hall–Kier alpha value is -0.730. The van der Waals surface area contributed by atoms with Crippen LogP contribution >= 0.6 is 11.6 Å². The van der Waals surface area contributed by atoms with E-state index in [1.54, 1.807) is 6.07 Å². The average molecular weight is 280 g/mol. The molecular weight excluding hydrogens is 258 g/mol. The number of rotatable bonds is 0. The number of nitrogens with two attached hydrogens (primary N) is 1. The fourth-order valence-corrected chi connectivity index (χ4v) is 4.38. The second kappa shape index (κ2) is 4.68. The third-order valence-corrected chi connectivity index (χ3v) is 5.61. The molecule has 0 saturated heterocycles. The Bertz CT molecular complexity index is 502. The van der Waals surface area contributed by atoms with Gasteiger partial charge in [-0.25, -0.2) is 0 Å². The van der Waals surface area contributed by atoms with Crippen molar-refractivity contribution in [3.8, 4) is 5.75 Å². The summed E-state index contributed by atoms with van der Waals surface area (Å²) >= 11 is 6.36. The van der Waals surface area contributed by atoms with Crippen LogP contribution in [0.1, 0.15) is 50.2 Å². The van der Waals surface area contributed by atoms with Gasteiger partial charge in [0.1, 0.15) is 5.75 Å². The van der Waals surface area contributed by atoms with Gasteiger partial charge in [0.15, 0.2) is 0 Å². The van der Waals surface area contributed by atoms with Crippen LogP contribution in [0.25, 0.3) is 0 Å². The molecular formula is C16H22ClNO. The van der Waals surface area contributed by atoms with Crippen LogP contribution in [-0.2, 0) is 11.8 Å². The largest absolute Gasteiger partial charge is 0.508 e. The first-order chi connectivity index (χ1) is 9.02. The second-order valence-corrected chi connectivity index (χ2v) is 6.87. The number of phenols is 1. The van der Waals surface area contributed by atoms with Crippen molar-refractivity contribution in [3.05, 3.63) is 28.3 Å². The van der Waals surface area contributed by atoms with E-state index in [0.717, 1.165) is 12.8 Å². The molecule has 2 aliphatic carbocycles. The predicted molar refractivity (Wildman–Crippen MR) is 78.7 cm³/mol. The Morgan fingerprint density at radius 2 is 2.11 bits per heavy atom. The highest BCUT2D eigenvalue weighted by atomic mass is 35.5. The number of halogens is 1. The van der Waals surface area contributed by atoms with Crippen molar-refractivity contribution in [2.24, 2.45) is 11.7 Å². The molecule has 3 rings (SSSR count). The molecule has 1 aromatic rings. The molecule has 0 spiro atoms. The summed E-state index contributed by atoms with van der Waals surface area (Å²) in [6, 6.07) is 3.73. The molecule has 0 aliphatic heterocycles. The van der Waals surface area contributed by atoms with E-state index < -0.39 is 0 Å². The minimum Gasteiger partial charge on any atom is -0.508 e. The molecule has 0 heterocycles. The Morgan fingerprint density at radius 1 is 1.32 bits per heavy atom. The van der Waals surface area contributed by atoms with Crippen molar-refractivity contribution in [1.29, 1.82) is 0 Å². The van der Waals surface area contributed by atoms with Crippen LogP contribution in [0.3, 0.4) is 0 Å². The predicted octanol–water partition coefficient (Wildman–Crippen LogP) is 3.77. The Morgan fingerprint density at radius 3 is 2.89 bits per heavy atom. The molecule has 1 saturated carbocycles. The lowest BCUT2D eigenvalue weighted by Crippen LogP contribution is -2.52. The zero-order valence-electron chi connectivity index (χ0n) is 11.5. The van der Waals surface area contributed by atoms with Crippen molar-refractivity contribution in [2.45, 2.75) is 56.9 Å². The van der Waals surface area contributed by atoms with Gasteiger partial charge in [0.25, 0.3) is 0 Å². The van der Waals surface area contributed by atoms with Crippen LogP contribution < -0.4 is 5.73 Å². The minimum absolute atomic E-state index is 0.0406. The molecule has 2 aliphatic rings. The zero-order chi connectivity index (χ0) is 13.6. The fraction of sp³-hybridized carbons (Fsp3) is 0.625. The Balaban J connectivity index is 2.17. The monoisotopic (exact) mass is 279 g/mol. The summed E-state index contributed by atoms with van der Waals surface area (Å²) in [5.74, 6) is 0.789. The van der Waals surface area contributed by atoms with E-state index in [4.69, 9.17) is 17.3 Å². The van der Waals surface area contributed by atoms with Gasteiger partial charge in [-0.2, -0.15) is 0 Å². The van der Waals surface area contributed by atoms with Gasteiger partial charge < -0.3 is 10.8 Å². The topological polar surface area (TPSA) is 46.2 Å². The van der Waals surface area contributed by atoms with Crippen LogP contribution in [-0.4, -0.2) is 11.1 Å². The quantitative estimate of drug-likeness (QED) is 0.759. The Labute approximate surface area is 120 Å². The van der Waals surface area contributed by atoms with Crippen molar-refractivity contribution in [2.75, 3.05) is 0 Å². The van der Waals surface area contributed by atoms with Crippen molar-refractivity contribution in [3.63, 3.8) is 0 Å². The first-order valence-corrected chi connectivity index (χ1v) is 7.67. The first kappa shape index (κ1) is 13.3. The second-order valence-electron chi connectivity index (χ2n) is 6.46. The summed E-state index contributed by atoms with van der Waals surface area (Å²) in [5.41, 5.74) is 8.94. The van der Waals surface area contributed by atoms with Crippen molar-refractivity contribution >= 4 is 11.6 Å². The molecule has 0 aromatic heterocycles. The molecule has 19 heavy (non-hydrogen) atoms. The normalized spacial score (nSPS) is 34.3. The number of phenolic OH excluding ortho intramolecular Hbond substituents is 1. The smallest absolute Gasteiger partial charge is 0.117 e. The number of fused-ring (bicyclic) bond motifs is 4. The molecule has 1 aromatic carbocycles. The molecule has 104 valence electrons. The maximum atomic E-state index is 9.87. The maximum absolute atomic E-state index is 9.87. The third kappa shape index (κ3) is 2.05. The van der Waals surface area contributed by atoms with E-state index >= 15 is 0 Å². The van der Waals surface area contributed by atoms with Gasteiger partial charge in [-0.15, -0.1) is 0 Å². The van der Waals surface area contributed by atoms with Crippen molar-refractivity contribution in [1.82, 2.24) is 0 Å². The van der Waals surface area contributed by atoms with Gasteiger partial charge in [-0.3, -0.25) is 0 Å². The molecule has 1 fully saturated rings. The minimum atomic E-state index is -0.0406. The summed E-state index contributed by atoms with van der Waals surface area (Å²) in [6.45, 7) is 2.25. The highest BCUT2D eigenvalue weighted by Crippen LogP contribution is 2.48. The van der Waals surface area contributed by atoms with Gasteiger partial charge in [0, 0.05) is 16.5 Å². The van der Waals surface area contributed by atoms with Gasteiger partial charge in [-0.05, 0) is 48.4 Å². The summed E-state index contributed by atoms with van der Waals surface area (Å²) < 4.78 is 0. The third-order valence-electron chi connectivity index (χ3n) is 5.28. The van der Waals surface area contributed by atoms with Gasteiger partial charge >= 0.3 is 0 Å². The van der Waals surface area contributed by atoms with Gasteiger partial charge in [-0.1, -0.05) is 37.8 Å². The number of hydrogen-bond donors (Lipinski definition) is 2. The number of benzene rings is 1. The molecule has 0 radical (unpaired) electrons. The fourth-order valence-electron chi connectivity index (χ4n) is 4.09. The number of hydrogen-bond acceptors (Lipinski definition) is 2. The maximum Gasteiger partial charge on any atom is 0.117 e. The highest BCUT2D eigenvalue weighted by molar-refractivity contribution is 6.31. The van der Waals surface area contributed by atoms with E-state index in [9.17, 15) is 5.11 Å². The lowest BCUT2D eigenvalue weighted by molar-refractivity contribution is 0.201. The van der Waals surface area contributed by atoms with Crippen LogP contribution in [0.15, 0.2) is 12.1 Å². The molecule has 0 unspecified atom stereocenters. The average Bonchev–Trinajstić information content (AvgIpc) is 2.35. The van der Waals surface area contributed by atoms with Gasteiger partial charge in [0.2, 0.25) is 0 Å². The standard InChI is InChI=1S/C16H22ClNO/c1-16-6-4-2-3-5-10(15(16)18)7-12-13(16)8-11(19)9-14(12)17/h8-10,15,19H,2-7,18H2,1H3/t10-,15-,16-/m0/s1.